The van der Waals surface area contributed by atoms with E-state index in [2.05, 4.69) is 0 Å². The van der Waals surface area contributed by atoms with E-state index in [0.717, 1.165) is 11.1 Å². The quantitative estimate of drug-likeness (QED) is 0.864. The molecular weight excluding hydrogens is 244 g/mol. The number of carbonyl (C=O) groups is 1. The second-order valence-electron chi connectivity index (χ2n) is 3.95. The van der Waals surface area contributed by atoms with Gasteiger partial charge in [-0.3, -0.25) is 0 Å². The highest BCUT2D eigenvalue weighted by Crippen LogP contribution is 2.26. The lowest BCUT2D eigenvalue weighted by Gasteiger charge is -2.10. The van der Waals surface area contributed by atoms with Crippen LogP contribution in [0.1, 0.15) is 10.4 Å². The molecule has 4 nitrogen and oxygen atoms in total. The largest absolute Gasteiger partial charge is 0.490 e. The molecule has 0 aliphatic rings. The highest BCUT2D eigenvalue weighted by atomic mass is 16.5. The van der Waals surface area contributed by atoms with Gasteiger partial charge < -0.3 is 14.9 Å². The van der Waals surface area contributed by atoms with Crippen molar-refractivity contribution in [3.8, 4) is 16.9 Å². The van der Waals surface area contributed by atoms with E-state index in [1.807, 2.05) is 30.3 Å². The molecule has 0 unspecified atom stereocenters. The zero-order chi connectivity index (χ0) is 13.7. The third-order valence-corrected chi connectivity index (χ3v) is 2.67. The topological polar surface area (TPSA) is 66.8 Å². The Morgan fingerprint density at radius 1 is 1.05 bits per heavy atom. The van der Waals surface area contributed by atoms with E-state index >= 15 is 0 Å². The normalized spacial score (nSPS) is 10.2. The first-order valence-corrected chi connectivity index (χ1v) is 5.89. The van der Waals surface area contributed by atoms with E-state index < -0.39 is 5.97 Å². The van der Waals surface area contributed by atoms with Gasteiger partial charge in [-0.05, 0) is 23.3 Å². The van der Waals surface area contributed by atoms with Crippen LogP contribution >= 0.6 is 0 Å². The van der Waals surface area contributed by atoms with Crippen LogP contribution in [0.5, 0.6) is 5.75 Å². The van der Waals surface area contributed by atoms with Crippen LogP contribution in [0.3, 0.4) is 0 Å². The van der Waals surface area contributed by atoms with Gasteiger partial charge in [-0.25, -0.2) is 4.79 Å². The van der Waals surface area contributed by atoms with Crippen molar-refractivity contribution in [2.75, 3.05) is 13.2 Å². The summed E-state index contributed by atoms with van der Waals surface area (Å²) in [7, 11) is 0. The molecule has 2 N–H and O–H groups in total. The summed E-state index contributed by atoms with van der Waals surface area (Å²) in [6.45, 7) is -0.0789. The van der Waals surface area contributed by atoms with Crippen molar-refractivity contribution in [3.05, 3.63) is 54.1 Å². The SMILES string of the molecule is O=C(O)c1cc(-c2ccccc2)ccc1OCCO. The molecule has 0 saturated carbocycles. The molecule has 2 aromatic carbocycles. The second-order valence-corrected chi connectivity index (χ2v) is 3.95. The molecular formula is C15H14O4. The van der Waals surface area contributed by atoms with Crippen molar-refractivity contribution in [3.63, 3.8) is 0 Å². The monoisotopic (exact) mass is 258 g/mol. The number of hydrogen-bond acceptors (Lipinski definition) is 3. The van der Waals surface area contributed by atoms with E-state index in [1.54, 1.807) is 18.2 Å². The Morgan fingerprint density at radius 2 is 1.79 bits per heavy atom. The first-order valence-electron chi connectivity index (χ1n) is 5.89. The van der Waals surface area contributed by atoms with Gasteiger partial charge in [-0.15, -0.1) is 0 Å². The summed E-state index contributed by atoms with van der Waals surface area (Å²) in [6, 6.07) is 14.5. The minimum absolute atomic E-state index is 0.0744. The molecule has 2 aromatic rings. The number of carboxylic acids is 1. The summed E-state index contributed by atoms with van der Waals surface area (Å²) >= 11 is 0. The lowest BCUT2D eigenvalue weighted by atomic mass is 10.0. The summed E-state index contributed by atoms with van der Waals surface area (Å²) < 4.78 is 5.21. The Kier molecular flexibility index (Phi) is 4.15. The number of aromatic carboxylic acids is 1. The number of ether oxygens (including phenoxy) is 1. The molecule has 0 atom stereocenters. The number of benzene rings is 2. The van der Waals surface area contributed by atoms with Gasteiger partial charge in [0.1, 0.15) is 17.9 Å². The molecule has 0 bridgehead atoms. The Hall–Kier alpha value is -2.33. The lowest BCUT2D eigenvalue weighted by Crippen LogP contribution is -2.07. The molecule has 0 aliphatic heterocycles. The van der Waals surface area contributed by atoms with Crippen molar-refractivity contribution < 1.29 is 19.7 Å². The van der Waals surface area contributed by atoms with Crippen LogP contribution < -0.4 is 4.74 Å². The Balaban J connectivity index is 2.39. The van der Waals surface area contributed by atoms with Crippen molar-refractivity contribution in [1.82, 2.24) is 0 Å². The van der Waals surface area contributed by atoms with Gasteiger partial charge in [-0.2, -0.15) is 0 Å². The zero-order valence-corrected chi connectivity index (χ0v) is 10.2. The van der Waals surface area contributed by atoms with Gasteiger partial charge in [-0.1, -0.05) is 36.4 Å². The van der Waals surface area contributed by atoms with Crippen LogP contribution in [0.2, 0.25) is 0 Å². The molecule has 0 saturated heterocycles. The third kappa shape index (κ3) is 3.11. The van der Waals surface area contributed by atoms with Crippen LogP contribution in [0.25, 0.3) is 11.1 Å². The van der Waals surface area contributed by atoms with Gasteiger partial charge in [0.05, 0.1) is 6.61 Å². The molecule has 98 valence electrons. The molecule has 0 aromatic heterocycles. The van der Waals surface area contributed by atoms with Crippen molar-refractivity contribution >= 4 is 5.97 Å². The van der Waals surface area contributed by atoms with Crippen molar-refractivity contribution in [1.29, 1.82) is 0 Å². The minimum Gasteiger partial charge on any atom is -0.490 e. The predicted octanol–water partition coefficient (Wildman–Crippen LogP) is 2.42. The highest BCUT2D eigenvalue weighted by Gasteiger charge is 2.12. The molecule has 0 amide bonds. The summed E-state index contributed by atoms with van der Waals surface area (Å²) in [5, 5.41) is 17.9. The maximum absolute atomic E-state index is 11.2. The highest BCUT2D eigenvalue weighted by molar-refractivity contribution is 5.92. The lowest BCUT2D eigenvalue weighted by molar-refractivity contribution is 0.0691. The smallest absolute Gasteiger partial charge is 0.339 e. The van der Waals surface area contributed by atoms with Crippen LogP contribution in [-0.4, -0.2) is 29.4 Å². The number of aliphatic hydroxyl groups is 1. The first kappa shape index (κ1) is 13.1. The standard InChI is InChI=1S/C15H14O4/c16-8-9-19-14-7-6-12(10-13(14)15(17)18)11-4-2-1-3-5-11/h1-7,10,16H,8-9H2,(H,17,18). The van der Waals surface area contributed by atoms with Crippen LogP contribution in [0, 0.1) is 0 Å². The summed E-state index contributed by atoms with van der Waals surface area (Å²) in [5.74, 6) is -0.785. The molecule has 0 spiro atoms. The Morgan fingerprint density at radius 3 is 2.42 bits per heavy atom. The molecule has 4 heteroatoms. The Bertz CT molecular complexity index is 564. The van der Waals surface area contributed by atoms with Gasteiger partial charge in [0.15, 0.2) is 0 Å². The number of aliphatic hydroxyl groups excluding tert-OH is 1. The third-order valence-electron chi connectivity index (χ3n) is 2.67. The molecule has 0 heterocycles. The van der Waals surface area contributed by atoms with Crippen LogP contribution in [-0.2, 0) is 0 Å². The number of hydrogen-bond donors (Lipinski definition) is 2. The predicted molar refractivity (Wildman–Crippen MR) is 71.4 cm³/mol. The van der Waals surface area contributed by atoms with E-state index in [9.17, 15) is 9.90 Å². The second kappa shape index (κ2) is 6.02. The van der Waals surface area contributed by atoms with E-state index in [0.29, 0.717) is 0 Å². The maximum atomic E-state index is 11.2. The first-order chi connectivity index (χ1) is 9.22. The fraction of sp³-hybridized carbons (Fsp3) is 0.133. The number of rotatable bonds is 5. The van der Waals surface area contributed by atoms with Crippen LogP contribution in [0.4, 0.5) is 0 Å². The summed E-state index contributed by atoms with van der Waals surface area (Å²) in [5.41, 5.74) is 1.85. The Labute approximate surface area is 110 Å². The minimum atomic E-state index is -1.05. The number of carboxylic acid groups (broad SMARTS) is 1. The van der Waals surface area contributed by atoms with Crippen molar-refractivity contribution in [2.24, 2.45) is 0 Å². The van der Waals surface area contributed by atoms with Gasteiger partial charge >= 0.3 is 5.97 Å². The van der Waals surface area contributed by atoms with E-state index in [1.165, 1.54) is 0 Å². The van der Waals surface area contributed by atoms with Gasteiger partial charge in [0, 0.05) is 0 Å². The summed E-state index contributed by atoms with van der Waals surface area (Å²) in [6.07, 6.45) is 0. The van der Waals surface area contributed by atoms with E-state index in [-0.39, 0.29) is 24.5 Å². The molecule has 0 fully saturated rings. The summed E-state index contributed by atoms with van der Waals surface area (Å²) in [4.78, 5) is 11.2. The van der Waals surface area contributed by atoms with Crippen molar-refractivity contribution in [2.45, 2.75) is 0 Å². The molecule has 2 rings (SSSR count). The fourth-order valence-electron chi connectivity index (χ4n) is 1.79. The van der Waals surface area contributed by atoms with Gasteiger partial charge in [0.2, 0.25) is 0 Å². The fourth-order valence-corrected chi connectivity index (χ4v) is 1.79. The van der Waals surface area contributed by atoms with Gasteiger partial charge in [0.25, 0.3) is 0 Å². The molecule has 19 heavy (non-hydrogen) atoms. The molecule has 0 aliphatic carbocycles. The van der Waals surface area contributed by atoms with Crippen LogP contribution in [0.15, 0.2) is 48.5 Å². The average Bonchev–Trinajstić information content (AvgIpc) is 2.45. The zero-order valence-electron chi connectivity index (χ0n) is 10.2. The van der Waals surface area contributed by atoms with E-state index in [4.69, 9.17) is 9.84 Å². The maximum Gasteiger partial charge on any atom is 0.339 e. The average molecular weight is 258 g/mol. The molecule has 0 radical (unpaired) electrons.